The molecule has 0 aromatic heterocycles. The van der Waals surface area contributed by atoms with Gasteiger partial charge < -0.3 is 17.2 Å². The van der Waals surface area contributed by atoms with Crippen LogP contribution in [0.25, 0.3) is 0 Å². The molecule has 0 fully saturated rings. The summed E-state index contributed by atoms with van der Waals surface area (Å²) in [6, 6.07) is 0. The van der Waals surface area contributed by atoms with Gasteiger partial charge in [-0.25, -0.2) is 0 Å². The van der Waals surface area contributed by atoms with E-state index < -0.39 is 0 Å². The third-order valence-electron chi connectivity index (χ3n) is 0.846. The van der Waals surface area contributed by atoms with Gasteiger partial charge in [-0.2, -0.15) is 0 Å². The smallest absolute Gasteiger partial charge is 0.00774 e. The van der Waals surface area contributed by atoms with Crippen LogP contribution in [0.15, 0.2) is 0 Å². The van der Waals surface area contributed by atoms with Crippen LogP contribution in [0.2, 0.25) is 0 Å². The Morgan fingerprint density at radius 1 is 0.750 bits per heavy atom. The van der Waals surface area contributed by atoms with Crippen LogP contribution in [-0.4, -0.2) is 19.6 Å². The standard InChI is InChI=1S/C4H11N.C3H9N.C2H7N/c1-2-3-4-5;1-2-3-4;1-2-3/h2-5H2,1H3;2-4H2,1H3;2-3H2,1H3. The molecular weight excluding hydrogens is 150 g/mol. The highest BCUT2D eigenvalue weighted by Crippen LogP contribution is 1.77. The van der Waals surface area contributed by atoms with Gasteiger partial charge in [0.2, 0.25) is 0 Å². The van der Waals surface area contributed by atoms with Crippen molar-refractivity contribution in [2.24, 2.45) is 17.2 Å². The highest BCUT2D eigenvalue weighted by Gasteiger charge is 1.67. The Morgan fingerprint density at radius 2 is 1.08 bits per heavy atom. The SMILES string of the molecule is CCCCN.CCCN.CCN. The lowest BCUT2D eigenvalue weighted by molar-refractivity contribution is 0.807. The largest absolute Gasteiger partial charge is 0.331 e. The van der Waals surface area contributed by atoms with E-state index in [0.29, 0.717) is 0 Å². The van der Waals surface area contributed by atoms with Gasteiger partial charge in [0.25, 0.3) is 0 Å². The summed E-state index contributed by atoms with van der Waals surface area (Å²) in [4.78, 5) is 0. The molecule has 0 aliphatic carbocycles. The van der Waals surface area contributed by atoms with Gasteiger partial charge in [0, 0.05) is 0 Å². The molecule has 0 aromatic carbocycles. The molecule has 0 aliphatic rings. The molecule has 0 radical (unpaired) electrons. The molecule has 12 heavy (non-hydrogen) atoms. The van der Waals surface area contributed by atoms with Gasteiger partial charge in [0.05, 0.1) is 0 Å². The van der Waals surface area contributed by atoms with E-state index in [1.54, 1.807) is 0 Å². The van der Waals surface area contributed by atoms with Crippen molar-refractivity contribution in [3.63, 3.8) is 0 Å². The maximum absolute atomic E-state index is 5.14. The van der Waals surface area contributed by atoms with E-state index in [4.69, 9.17) is 17.2 Å². The predicted octanol–water partition coefficient (Wildman–Crippen LogP) is 1.07. The maximum Gasteiger partial charge on any atom is -0.00774 e. The number of rotatable bonds is 3. The Kier molecular flexibility index (Phi) is 45.7. The van der Waals surface area contributed by atoms with Crippen LogP contribution in [0.3, 0.4) is 0 Å². The van der Waals surface area contributed by atoms with Crippen LogP contribution in [0, 0.1) is 0 Å². The maximum atomic E-state index is 5.14. The van der Waals surface area contributed by atoms with Crippen LogP contribution in [-0.2, 0) is 0 Å². The fourth-order valence-electron chi connectivity index (χ4n) is 0.204. The monoisotopic (exact) mass is 177 g/mol. The summed E-state index contributed by atoms with van der Waals surface area (Å²) in [7, 11) is 0. The molecule has 0 aromatic rings. The first-order chi connectivity index (χ1) is 5.74. The highest BCUT2D eigenvalue weighted by atomic mass is 14.5. The molecule has 0 amide bonds. The summed E-state index contributed by atoms with van der Waals surface area (Å²) < 4.78 is 0. The van der Waals surface area contributed by atoms with E-state index in [9.17, 15) is 0 Å². The van der Waals surface area contributed by atoms with Gasteiger partial charge in [-0.1, -0.05) is 27.2 Å². The van der Waals surface area contributed by atoms with Crippen molar-refractivity contribution >= 4 is 0 Å². The van der Waals surface area contributed by atoms with Gasteiger partial charge in [-0.15, -0.1) is 0 Å². The summed E-state index contributed by atoms with van der Waals surface area (Å²) in [5, 5.41) is 0. The van der Waals surface area contributed by atoms with Crippen molar-refractivity contribution in [1.29, 1.82) is 0 Å². The van der Waals surface area contributed by atoms with Gasteiger partial charge in [0.15, 0.2) is 0 Å². The second-order valence-corrected chi connectivity index (χ2v) is 2.34. The van der Waals surface area contributed by atoms with E-state index in [2.05, 4.69) is 13.8 Å². The van der Waals surface area contributed by atoms with Crippen LogP contribution in [0.1, 0.15) is 40.0 Å². The summed E-state index contributed by atoms with van der Waals surface area (Å²) in [5.74, 6) is 0. The van der Waals surface area contributed by atoms with Crippen molar-refractivity contribution < 1.29 is 0 Å². The average molecular weight is 177 g/mol. The molecule has 6 N–H and O–H groups in total. The lowest BCUT2D eigenvalue weighted by Gasteiger charge is -1.80. The average Bonchev–Trinajstić information content (AvgIpc) is 2.08. The number of unbranched alkanes of at least 4 members (excludes halogenated alkanes) is 1. The lowest BCUT2D eigenvalue weighted by Crippen LogP contribution is -1.95. The Morgan fingerprint density at radius 3 is 1.08 bits per heavy atom. The first kappa shape index (κ1) is 17.8. The molecule has 0 spiro atoms. The zero-order valence-corrected chi connectivity index (χ0v) is 8.97. The molecule has 0 saturated carbocycles. The summed E-state index contributed by atoms with van der Waals surface area (Å²) >= 11 is 0. The van der Waals surface area contributed by atoms with Crippen molar-refractivity contribution in [2.75, 3.05) is 19.6 Å². The molecule has 0 bridgehead atoms. The minimum absolute atomic E-state index is 0.750. The molecule has 0 aliphatic heterocycles. The molecule has 3 heteroatoms. The normalized spacial score (nSPS) is 7.50. The summed E-state index contributed by atoms with van der Waals surface area (Å²) in [5.41, 5.74) is 15.0. The first-order valence-electron chi connectivity index (χ1n) is 4.85. The second-order valence-electron chi connectivity index (χ2n) is 2.34. The summed E-state index contributed by atoms with van der Waals surface area (Å²) in [6.45, 7) is 8.50. The second kappa shape index (κ2) is 30.7. The zero-order valence-electron chi connectivity index (χ0n) is 8.97. The van der Waals surface area contributed by atoms with Crippen LogP contribution < -0.4 is 17.2 Å². The Labute approximate surface area is 77.7 Å². The number of hydrogen-bond acceptors (Lipinski definition) is 3. The van der Waals surface area contributed by atoms with Gasteiger partial charge in [-0.05, 0) is 32.5 Å². The Hall–Kier alpha value is -0.120. The molecule has 0 heterocycles. The third-order valence-corrected chi connectivity index (χ3v) is 0.846. The van der Waals surface area contributed by atoms with E-state index in [1.165, 1.54) is 12.8 Å². The fourth-order valence-corrected chi connectivity index (χ4v) is 0.204. The molecule has 0 unspecified atom stereocenters. The number of nitrogens with two attached hydrogens (primary N) is 3. The van der Waals surface area contributed by atoms with Crippen molar-refractivity contribution in [3.05, 3.63) is 0 Å². The predicted molar refractivity (Wildman–Crippen MR) is 58.0 cm³/mol. The quantitative estimate of drug-likeness (QED) is 0.603. The molecule has 0 atom stereocenters. The van der Waals surface area contributed by atoms with Crippen molar-refractivity contribution in [3.8, 4) is 0 Å². The minimum atomic E-state index is 0.750. The minimum Gasteiger partial charge on any atom is -0.331 e. The Balaban J connectivity index is -0.000000105. The lowest BCUT2D eigenvalue weighted by atomic mass is 10.3. The van der Waals surface area contributed by atoms with E-state index in [1.807, 2.05) is 6.92 Å². The van der Waals surface area contributed by atoms with E-state index >= 15 is 0 Å². The fraction of sp³-hybridized carbons (Fsp3) is 1.00. The topological polar surface area (TPSA) is 78.1 Å². The number of hydrogen-bond donors (Lipinski definition) is 3. The molecule has 0 rings (SSSR count). The van der Waals surface area contributed by atoms with Gasteiger partial charge in [0.1, 0.15) is 0 Å². The highest BCUT2D eigenvalue weighted by molar-refractivity contribution is 4.29. The third kappa shape index (κ3) is 93.9. The molecule has 3 nitrogen and oxygen atoms in total. The zero-order chi connectivity index (χ0) is 10.2. The van der Waals surface area contributed by atoms with Crippen LogP contribution >= 0.6 is 0 Å². The Bertz CT molecular complexity index is 36.8. The summed E-state index contributed by atoms with van der Waals surface area (Å²) in [6.07, 6.45) is 3.48. The molecule has 0 saturated heterocycles. The first-order valence-corrected chi connectivity index (χ1v) is 4.85. The van der Waals surface area contributed by atoms with Gasteiger partial charge in [-0.3, -0.25) is 0 Å². The molecular formula is C9H27N3. The van der Waals surface area contributed by atoms with E-state index in [-0.39, 0.29) is 0 Å². The van der Waals surface area contributed by atoms with Gasteiger partial charge >= 0.3 is 0 Å². The van der Waals surface area contributed by atoms with Crippen molar-refractivity contribution in [1.82, 2.24) is 0 Å². The molecule has 78 valence electrons. The van der Waals surface area contributed by atoms with E-state index in [0.717, 1.165) is 26.1 Å². The van der Waals surface area contributed by atoms with Crippen LogP contribution in [0.5, 0.6) is 0 Å². The van der Waals surface area contributed by atoms with Crippen molar-refractivity contribution in [2.45, 2.75) is 40.0 Å². The van der Waals surface area contributed by atoms with Crippen LogP contribution in [0.4, 0.5) is 0 Å².